The summed E-state index contributed by atoms with van der Waals surface area (Å²) >= 11 is 0. The van der Waals surface area contributed by atoms with Crippen LogP contribution in [0.2, 0.25) is 0 Å². The van der Waals surface area contributed by atoms with Crippen LogP contribution in [-0.2, 0) is 23.9 Å². The van der Waals surface area contributed by atoms with Gasteiger partial charge in [0.1, 0.15) is 5.54 Å². The fourth-order valence-corrected chi connectivity index (χ4v) is 7.74. The Morgan fingerprint density at radius 2 is 1.53 bits per heavy atom. The lowest BCUT2D eigenvalue weighted by atomic mass is 9.69. The van der Waals surface area contributed by atoms with Crippen molar-refractivity contribution in [2.75, 3.05) is 14.2 Å². The second-order valence-corrected chi connectivity index (χ2v) is 12.6. The number of nitrogens with one attached hydrogen (secondary N) is 1. The third kappa shape index (κ3) is 4.81. The minimum Gasteiger partial charge on any atom is -0.469 e. The van der Waals surface area contributed by atoms with Crippen LogP contribution < -0.4 is 16.7 Å². The molecule has 0 spiro atoms. The molecule has 0 radical (unpaired) electrons. The fraction of sp³-hybridized carbons (Fsp3) is 0.371. The highest BCUT2D eigenvalue weighted by Gasteiger charge is 2.64. The van der Waals surface area contributed by atoms with E-state index in [-0.39, 0.29) is 29.9 Å². The molecule has 12 heteroatoms. The number of aromatic nitrogens is 3. The topological polar surface area (TPSA) is 148 Å². The van der Waals surface area contributed by atoms with Gasteiger partial charge in [-0.2, -0.15) is 0 Å². The van der Waals surface area contributed by atoms with Crippen LogP contribution in [0.1, 0.15) is 56.1 Å². The van der Waals surface area contributed by atoms with Gasteiger partial charge in [0, 0.05) is 29.0 Å². The molecular formula is C35H36N4O8. The first-order valence-electron chi connectivity index (χ1n) is 15.5. The normalized spacial score (nSPS) is 24.6. The number of carbonyl (C=O) groups is 4. The minimum absolute atomic E-state index is 0.0716. The van der Waals surface area contributed by atoms with Crippen molar-refractivity contribution in [1.29, 1.82) is 0 Å². The lowest BCUT2D eigenvalue weighted by Crippen LogP contribution is -2.60. The van der Waals surface area contributed by atoms with Crippen LogP contribution in [0.5, 0.6) is 0 Å². The van der Waals surface area contributed by atoms with Gasteiger partial charge in [-0.15, -0.1) is 0 Å². The average molecular weight is 641 g/mol. The van der Waals surface area contributed by atoms with Crippen molar-refractivity contribution < 1.29 is 28.7 Å². The van der Waals surface area contributed by atoms with Crippen LogP contribution in [0, 0.1) is 17.8 Å². The van der Waals surface area contributed by atoms with Gasteiger partial charge >= 0.3 is 23.3 Å². The highest BCUT2D eigenvalue weighted by molar-refractivity contribution is 6.11. The van der Waals surface area contributed by atoms with Crippen molar-refractivity contribution >= 4 is 23.6 Å². The van der Waals surface area contributed by atoms with E-state index in [1.54, 1.807) is 67.6 Å². The SMILES string of the molecule is COC(=O)C1=CC(C(=O)OC)C2C3=C(C(=O)[C@]2(CC(C)C)NC(=O)c2ccccc2)C(C)n2c(=O)n(-c4ccccc4)c(=O)n2C3C1. The predicted octanol–water partition coefficient (Wildman–Crippen LogP) is 2.92. The number of nitrogens with zero attached hydrogens (tertiary/aromatic N) is 3. The summed E-state index contributed by atoms with van der Waals surface area (Å²) in [5.41, 5.74) is -1.69. The van der Waals surface area contributed by atoms with Gasteiger partial charge in [0.05, 0.1) is 37.9 Å². The van der Waals surface area contributed by atoms with E-state index in [9.17, 15) is 24.0 Å². The van der Waals surface area contributed by atoms with Gasteiger partial charge in [-0.3, -0.25) is 14.4 Å². The van der Waals surface area contributed by atoms with Gasteiger partial charge in [0.15, 0.2) is 5.78 Å². The Balaban J connectivity index is 1.66. The van der Waals surface area contributed by atoms with Crippen molar-refractivity contribution in [3.05, 3.63) is 110 Å². The number of esters is 2. The highest BCUT2D eigenvalue weighted by Crippen LogP contribution is 2.56. The van der Waals surface area contributed by atoms with Crippen molar-refractivity contribution in [2.24, 2.45) is 17.8 Å². The van der Waals surface area contributed by atoms with E-state index in [4.69, 9.17) is 9.47 Å². The predicted molar refractivity (Wildman–Crippen MR) is 170 cm³/mol. The molecule has 1 N–H and O–H groups in total. The van der Waals surface area contributed by atoms with Gasteiger partial charge in [-0.25, -0.2) is 28.3 Å². The monoisotopic (exact) mass is 640 g/mol. The van der Waals surface area contributed by atoms with Gasteiger partial charge in [-0.05, 0) is 49.1 Å². The molecule has 0 saturated carbocycles. The van der Waals surface area contributed by atoms with E-state index < -0.39 is 64.5 Å². The molecule has 0 fully saturated rings. The first-order chi connectivity index (χ1) is 22.5. The molecule has 2 aromatic carbocycles. The van der Waals surface area contributed by atoms with Crippen LogP contribution in [0.4, 0.5) is 0 Å². The average Bonchev–Trinajstić information content (AvgIpc) is 3.37. The molecule has 4 unspecified atom stereocenters. The third-order valence-electron chi connectivity index (χ3n) is 9.46. The summed E-state index contributed by atoms with van der Waals surface area (Å²) in [7, 11) is 2.41. The molecule has 0 bridgehead atoms. The lowest BCUT2D eigenvalue weighted by Gasteiger charge is -2.40. The van der Waals surface area contributed by atoms with Crippen molar-refractivity contribution in [3.63, 3.8) is 0 Å². The number of carbonyl (C=O) groups excluding carboxylic acids is 4. The molecule has 1 amide bonds. The summed E-state index contributed by atoms with van der Waals surface area (Å²) in [5.74, 6) is -4.89. The fourth-order valence-electron chi connectivity index (χ4n) is 7.74. The van der Waals surface area contributed by atoms with Crippen LogP contribution in [0.3, 0.4) is 0 Å². The van der Waals surface area contributed by atoms with Gasteiger partial charge < -0.3 is 14.8 Å². The largest absolute Gasteiger partial charge is 0.469 e. The number of amides is 1. The van der Waals surface area contributed by atoms with Crippen LogP contribution in [0.25, 0.3) is 5.69 Å². The molecule has 1 aliphatic heterocycles. The Labute approximate surface area is 270 Å². The molecule has 5 atom stereocenters. The number of methoxy groups -OCH3 is 2. The summed E-state index contributed by atoms with van der Waals surface area (Å²) in [4.78, 5) is 84.3. The summed E-state index contributed by atoms with van der Waals surface area (Å²) < 4.78 is 13.9. The van der Waals surface area contributed by atoms with E-state index in [1.165, 1.54) is 29.7 Å². The number of hydrogen-bond acceptors (Lipinski definition) is 8. The molecule has 47 heavy (non-hydrogen) atoms. The maximum absolute atomic E-state index is 15.1. The molecule has 3 aromatic rings. The Morgan fingerprint density at radius 1 is 0.915 bits per heavy atom. The molecule has 0 saturated heterocycles. The Kier molecular flexibility index (Phi) is 7.98. The number of para-hydroxylation sites is 1. The molecule has 2 heterocycles. The molecule has 1 aromatic heterocycles. The number of ketones is 1. The van der Waals surface area contributed by atoms with Crippen molar-refractivity contribution in [1.82, 2.24) is 19.2 Å². The molecular weight excluding hydrogens is 604 g/mol. The maximum Gasteiger partial charge on any atom is 0.352 e. The quantitative estimate of drug-likeness (QED) is 0.388. The second kappa shape index (κ2) is 11.8. The molecule has 3 aliphatic rings. The first kappa shape index (κ1) is 31.7. The molecule has 12 nitrogen and oxygen atoms in total. The number of Topliss-reactive ketones (excluding diaryl/α,β-unsaturated/α-hetero) is 1. The smallest absolute Gasteiger partial charge is 0.352 e. The van der Waals surface area contributed by atoms with Gasteiger partial charge in [-0.1, -0.05) is 56.3 Å². The minimum atomic E-state index is -1.69. The zero-order valence-electron chi connectivity index (χ0n) is 26.8. The number of benzene rings is 2. The highest BCUT2D eigenvalue weighted by atomic mass is 16.5. The van der Waals surface area contributed by atoms with Crippen LogP contribution in [-0.4, -0.2) is 57.3 Å². The van der Waals surface area contributed by atoms with E-state index in [0.717, 1.165) is 4.57 Å². The van der Waals surface area contributed by atoms with E-state index in [1.807, 2.05) is 13.8 Å². The van der Waals surface area contributed by atoms with Gasteiger partial charge in [0.2, 0.25) is 0 Å². The summed E-state index contributed by atoms with van der Waals surface area (Å²) in [6.45, 7) is 5.44. The number of hydrogen-bond donors (Lipinski definition) is 1. The Hall–Kier alpha value is -5.26. The van der Waals surface area contributed by atoms with E-state index >= 15 is 4.79 Å². The zero-order chi connectivity index (χ0) is 33.8. The molecule has 6 rings (SSSR count). The van der Waals surface area contributed by atoms with Crippen molar-refractivity contribution in [3.8, 4) is 5.69 Å². The first-order valence-corrected chi connectivity index (χ1v) is 15.5. The summed E-state index contributed by atoms with van der Waals surface area (Å²) in [6, 6.07) is 14.8. The van der Waals surface area contributed by atoms with E-state index in [0.29, 0.717) is 16.8 Å². The number of fused-ring (bicyclic) bond motifs is 2. The van der Waals surface area contributed by atoms with Crippen LogP contribution in [0.15, 0.2) is 93.0 Å². The van der Waals surface area contributed by atoms with Crippen LogP contribution >= 0.6 is 0 Å². The Bertz CT molecular complexity index is 1970. The molecule has 2 aliphatic carbocycles. The second-order valence-electron chi connectivity index (χ2n) is 12.6. The maximum atomic E-state index is 15.1. The zero-order valence-corrected chi connectivity index (χ0v) is 26.8. The van der Waals surface area contributed by atoms with Crippen molar-refractivity contribution in [2.45, 2.75) is 51.2 Å². The number of rotatable bonds is 7. The van der Waals surface area contributed by atoms with Gasteiger partial charge in [0.25, 0.3) is 5.91 Å². The third-order valence-corrected chi connectivity index (χ3v) is 9.46. The van der Waals surface area contributed by atoms with E-state index in [2.05, 4.69) is 5.32 Å². The lowest BCUT2D eigenvalue weighted by molar-refractivity contribution is -0.146. The Morgan fingerprint density at radius 3 is 2.13 bits per heavy atom. The standard InChI is InChI=1S/C35H36N4O8/c1-19(2)18-35(36-30(41)21-12-8-6-9-13-21)28-24(32(43)47-5)16-22(31(42)46-4)17-25-27(28)26(29(35)40)20(3)38-33(44)37(34(45)39(25)38)23-14-10-7-11-15-23/h6-16,19-20,24-25,28H,17-18H2,1-5H3,(H,36,41)/t20?,24?,25?,28?,35-/m1/s1. The number of ether oxygens (including phenoxy) is 2. The molecule has 244 valence electrons. The summed E-state index contributed by atoms with van der Waals surface area (Å²) in [6.07, 6.45) is 1.40. The summed E-state index contributed by atoms with van der Waals surface area (Å²) in [5, 5.41) is 3.04.